The molecule has 0 spiro atoms. The van der Waals surface area contributed by atoms with Crippen molar-refractivity contribution in [1.29, 1.82) is 0 Å². The zero-order valence-electron chi connectivity index (χ0n) is 8.85. The van der Waals surface area contributed by atoms with Crippen LogP contribution in [0.3, 0.4) is 0 Å². The van der Waals surface area contributed by atoms with Crippen molar-refractivity contribution >= 4 is 18.1 Å². The third-order valence-corrected chi connectivity index (χ3v) is 2.01. The highest BCUT2D eigenvalue weighted by atomic mass is 35.5. The van der Waals surface area contributed by atoms with Gasteiger partial charge in [0, 0.05) is 6.20 Å². The van der Waals surface area contributed by atoms with Crippen LogP contribution in [0.15, 0.2) is 35.2 Å². The summed E-state index contributed by atoms with van der Waals surface area (Å²) in [4.78, 5) is 0. The molecule has 2 aromatic heterocycles. The summed E-state index contributed by atoms with van der Waals surface area (Å²) in [6.07, 6.45) is 2.23. The quantitative estimate of drug-likeness (QED) is 0.902. The van der Waals surface area contributed by atoms with Gasteiger partial charge in [-0.25, -0.2) is 8.78 Å². The lowest BCUT2D eigenvalue weighted by molar-refractivity contribution is 0.122. The standard InChI is InChI=1S/C10H11F2N3O.ClH/c11-10(12)7-15-6-8(4-14-15)13-5-9-2-1-3-16-9;/h1-4,6,10,13H,5,7H2;1H. The van der Waals surface area contributed by atoms with Gasteiger partial charge in [-0.1, -0.05) is 0 Å². The molecule has 0 amide bonds. The van der Waals surface area contributed by atoms with Crippen molar-refractivity contribution in [2.24, 2.45) is 0 Å². The summed E-state index contributed by atoms with van der Waals surface area (Å²) in [6.45, 7) is 0.121. The Hall–Kier alpha value is -1.56. The van der Waals surface area contributed by atoms with Crippen LogP contribution in [-0.2, 0) is 13.1 Å². The molecule has 17 heavy (non-hydrogen) atoms. The van der Waals surface area contributed by atoms with E-state index in [0.29, 0.717) is 12.2 Å². The number of rotatable bonds is 5. The highest BCUT2D eigenvalue weighted by Gasteiger charge is 2.05. The van der Waals surface area contributed by atoms with E-state index in [2.05, 4.69) is 10.4 Å². The highest BCUT2D eigenvalue weighted by Crippen LogP contribution is 2.09. The molecule has 0 aliphatic carbocycles. The Morgan fingerprint density at radius 1 is 1.47 bits per heavy atom. The molecule has 0 aliphatic heterocycles. The van der Waals surface area contributed by atoms with Crippen molar-refractivity contribution in [3.05, 3.63) is 36.5 Å². The van der Waals surface area contributed by atoms with Crippen LogP contribution in [-0.4, -0.2) is 16.2 Å². The van der Waals surface area contributed by atoms with Gasteiger partial charge in [-0.2, -0.15) is 5.10 Å². The zero-order chi connectivity index (χ0) is 11.4. The number of halogens is 3. The number of hydrogen-bond acceptors (Lipinski definition) is 3. The Labute approximate surface area is 103 Å². The predicted molar refractivity (Wildman–Crippen MR) is 61.5 cm³/mol. The van der Waals surface area contributed by atoms with Crippen LogP contribution < -0.4 is 5.32 Å². The maximum absolute atomic E-state index is 12.0. The Bertz CT molecular complexity index is 430. The van der Waals surface area contributed by atoms with Gasteiger partial charge in [-0.15, -0.1) is 12.4 Å². The molecule has 0 radical (unpaired) electrons. The molecule has 1 N–H and O–H groups in total. The Morgan fingerprint density at radius 2 is 2.29 bits per heavy atom. The van der Waals surface area contributed by atoms with Crippen molar-refractivity contribution in [3.8, 4) is 0 Å². The SMILES string of the molecule is Cl.FC(F)Cn1cc(NCc2ccco2)cn1. The molecule has 0 aliphatic rings. The molecule has 0 fully saturated rings. The third kappa shape index (κ3) is 4.07. The van der Waals surface area contributed by atoms with Gasteiger partial charge in [0.25, 0.3) is 6.43 Å². The number of hydrogen-bond donors (Lipinski definition) is 1. The van der Waals surface area contributed by atoms with Gasteiger partial charge in [0.15, 0.2) is 0 Å². The zero-order valence-corrected chi connectivity index (χ0v) is 9.66. The molecule has 2 aromatic rings. The Morgan fingerprint density at radius 3 is 2.94 bits per heavy atom. The minimum absolute atomic E-state index is 0. The molecule has 2 heterocycles. The molecule has 0 atom stereocenters. The summed E-state index contributed by atoms with van der Waals surface area (Å²) < 4.78 is 30.4. The normalized spacial score (nSPS) is 10.3. The Kier molecular flexibility index (Phi) is 4.96. The van der Waals surface area contributed by atoms with Gasteiger partial charge in [0.05, 0.1) is 24.7 Å². The fourth-order valence-corrected chi connectivity index (χ4v) is 1.30. The first-order valence-electron chi connectivity index (χ1n) is 4.81. The van der Waals surface area contributed by atoms with Gasteiger partial charge in [0.1, 0.15) is 12.3 Å². The second-order valence-corrected chi connectivity index (χ2v) is 3.28. The summed E-state index contributed by atoms with van der Waals surface area (Å²) in [5.41, 5.74) is 0.692. The van der Waals surface area contributed by atoms with Crippen LogP contribution in [0, 0.1) is 0 Å². The second-order valence-electron chi connectivity index (χ2n) is 3.28. The molecule has 0 bridgehead atoms. The molecule has 0 aromatic carbocycles. The number of alkyl halides is 2. The molecule has 0 unspecified atom stereocenters. The van der Waals surface area contributed by atoms with Crippen molar-refractivity contribution < 1.29 is 13.2 Å². The Balaban J connectivity index is 0.00000144. The lowest BCUT2D eigenvalue weighted by Gasteiger charge is -2.00. The monoisotopic (exact) mass is 263 g/mol. The third-order valence-electron chi connectivity index (χ3n) is 2.01. The van der Waals surface area contributed by atoms with E-state index >= 15 is 0 Å². The largest absolute Gasteiger partial charge is 0.467 e. The second kappa shape index (κ2) is 6.24. The molecule has 4 nitrogen and oxygen atoms in total. The van der Waals surface area contributed by atoms with E-state index in [0.717, 1.165) is 5.76 Å². The van der Waals surface area contributed by atoms with Crippen molar-refractivity contribution in [2.75, 3.05) is 5.32 Å². The van der Waals surface area contributed by atoms with E-state index in [-0.39, 0.29) is 19.0 Å². The fourth-order valence-electron chi connectivity index (χ4n) is 1.30. The van der Waals surface area contributed by atoms with Crippen molar-refractivity contribution in [1.82, 2.24) is 9.78 Å². The fraction of sp³-hybridized carbons (Fsp3) is 0.300. The van der Waals surface area contributed by atoms with Gasteiger partial charge in [-0.05, 0) is 12.1 Å². The van der Waals surface area contributed by atoms with Gasteiger partial charge in [0.2, 0.25) is 0 Å². The number of nitrogens with one attached hydrogen (secondary N) is 1. The minimum Gasteiger partial charge on any atom is -0.467 e. The van der Waals surface area contributed by atoms with Crippen molar-refractivity contribution in [2.45, 2.75) is 19.5 Å². The molecule has 0 saturated heterocycles. The molecule has 2 rings (SSSR count). The average molecular weight is 264 g/mol. The van der Waals surface area contributed by atoms with E-state index in [1.807, 2.05) is 6.07 Å². The first-order chi connectivity index (χ1) is 7.74. The lowest BCUT2D eigenvalue weighted by atomic mass is 10.4. The van der Waals surface area contributed by atoms with Crippen LogP contribution in [0.1, 0.15) is 5.76 Å². The van der Waals surface area contributed by atoms with E-state index in [9.17, 15) is 8.78 Å². The van der Waals surface area contributed by atoms with E-state index in [4.69, 9.17) is 4.42 Å². The number of nitrogens with zero attached hydrogens (tertiary/aromatic N) is 2. The van der Waals surface area contributed by atoms with Crippen LogP contribution in [0.4, 0.5) is 14.5 Å². The number of furan rings is 1. The average Bonchev–Trinajstić information content (AvgIpc) is 2.84. The lowest BCUT2D eigenvalue weighted by Crippen LogP contribution is -2.06. The van der Waals surface area contributed by atoms with Gasteiger partial charge < -0.3 is 9.73 Å². The summed E-state index contributed by atoms with van der Waals surface area (Å²) >= 11 is 0. The summed E-state index contributed by atoms with van der Waals surface area (Å²) in [5, 5.41) is 6.82. The van der Waals surface area contributed by atoms with Crippen LogP contribution in [0.2, 0.25) is 0 Å². The molecule has 7 heteroatoms. The first-order valence-corrected chi connectivity index (χ1v) is 4.81. The minimum atomic E-state index is -2.39. The van der Waals surface area contributed by atoms with Crippen molar-refractivity contribution in [3.63, 3.8) is 0 Å². The van der Waals surface area contributed by atoms with Crippen LogP contribution >= 0.6 is 12.4 Å². The highest BCUT2D eigenvalue weighted by molar-refractivity contribution is 5.85. The maximum Gasteiger partial charge on any atom is 0.257 e. The van der Waals surface area contributed by atoms with Gasteiger partial charge in [-0.3, -0.25) is 4.68 Å². The smallest absolute Gasteiger partial charge is 0.257 e. The first kappa shape index (κ1) is 13.5. The molecular formula is C10H12ClF2N3O. The number of anilines is 1. The molecular weight excluding hydrogens is 252 g/mol. The number of aromatic nitrogens is 2. The van der Waals surface area contributed by atoms with E-state index in [1.165, 1.54) is 17.1 Å². The van der Waals surface area contributed by atoms with E-state index < -0.39 is 6.43 Å². The summed E-state index contributed by atoms with van der Waals surface area (Å²) in [5.74, 6) is 0.779. The molecule has 0 saturated carbocycles. The topological polar surface area (TPSA) is 43.0 Å². The summed E-state index contributed by atoms with van der Waals surface area (Å²) in [6, 6.07) is 3.62. The van der Waals surface area contributed by atoms with E-state index in [1.54, 1.807) is 12.3 Å². The predicted octanol–water partition coefficient (Wildman–Crippen LogP) is 2.78. The van der Waals surface area contributed by atoms with Crippen LogP contribution in [0.5, 0.6) is 0 Å². The van der Waals surface area contributed by atoms with Crippen LogP contribution in [0.25, 0.3) is 0 Å². The summed E-state index contributed by atoms with van der Waals surface area (Å²) in [7, 11) is 0. The maximum atomic E-state index is 12.0. The van der Waals surface area contributed by atoms with Gasteiger partial charge >= 0.3 is 0 Å². The molecule has 94 valence electrons.